The van der Waals surface area contributed by atoms with Crippen LogP contribution in [0.2, 0.25) is 5.02 Å². The van der Waals surface area contributed by atoms with Crippen LogP contribution in [0.3, 0.4) is 0 Å². The highest BCUT2D eigenvalue weighted by Gasteiger charge is 2.34. The van der Waals surface area contributed by atoms with E-state index in [4.69, 9.17) is 11.6 Å². The molecule has 0 bridgehead atoms. The van der Waals surface area contributed by atoms with Crippen LogP contribution in [-0.2, 0) is 6.42 Å². The van der Waals surface area contributed by atoms with E-state index in [1.807, 2.05) is 13.8 Å². The molecule has 26 heavy (non-hydrogen) atoms. The summed E-state index contributed by atoms with van der Waals surface area (Å²) in [6.07, 6.45) is 1.45. The fourth-order valence-electron chi connectivity index (χ4n) is 3.55. The van der Waals surface area contributed by atoms with E-state index in [1.165, 1.54) is 18.2 Å². The Morgan fingerprint density at radius 3 is 2.65 bits per heavy atom. The highest BCUT2D eigenvalue weighted by atomic mass is 35.5. The standard InChI is InChI=1S/C20H19ClFNO3/c1-11(2)23(19(24)14-4-3-5-16(22)18(14)21)17-9-8-12-6-7-13(20(25)26)10-15(12)17/h3-7,10-11,17H,8-9H2,1-2H3,(H,25,26). The topological polar surface area (TPSA) is 57.6 Å². The maximum Gasteiger partial charge on any atom is 0.335 e. The van der Waals surface area contributed by atoms with Crippen molar-refractivity contribution in [2.75, 3.05) is 0 Å². The van der Waals surface area contributed by atoms with Gasteiger partial charge in [-0.25, -0.2) is 9.18 Å². The fraction of sp³-hybridized carbons (Fsp3) is 0.300. The molecular weight excluding hydrogens is 357 g/mol. The number of hydrogen-bond donors (Lipinski definition) is 1. The first-order valence-electron chi connectivity index (χ1n) is 8.44. The second-order valence-corrected chi connectivity index (χ2v) is 7.06. The monoisotopic (exact) mass is 375 g/mol. The van der Waals surface area contributed by atoms with Crippen molar-refractivity contribution in [3.05, 3.63) is 69.5 Å². The maximum absolute atomic E-state index is 13.8. The minimum Gasteiger partial charge on any atom is -0.478 e. The normalized spacial score (nSPS) is 15.8. The molecule has 0 aliphatic heterocycles. The minimum atomic E-state index is -1.01. The molecule has 1 atom stereocenters. The summed E-state index contributed by atoms with van der Waals surface area (Å²) in [5, 5.41) is 9.07. The van der Waals surface area contributed by atoms with Crippen LogP contribution >= 0.6 is 11.6 Å². The summed E-state index contributed by atoms with van der Waals surface area (Å²) in [6, 6.07) is 8.76. The zero-order valence-corrected chi connectivity index (χ0v) is 15.3. The molecule has 1 amide bonds. The van der Waals surface area contributed by atoms with Gasteiger partial charge in [0.15, 0.2) is 0 Å². The van der Waals surface area contributed by atoms with E-state index < -0.39 is 11.8 Å². The Morgan fingerprint density at radius 1 is 1.27 bits per heavy atom. The molecule has 0 aromatic heterocycles. The van der Waals surface area contributed by atoms with Gasteiger partial charge in [-0.05, 0) is 62.1 Å². The number of halogens is 2. The summed E-state index contributed by atoms with van der Waals surface area (Å²) in [5.74, 6) is -2.00. The Bertz CT molecular complexity index is 881. The number of aryl methyl sites for hydroxylation is 1. The van der Waals surface area contributed by atoms with Crippen molar-refractivity contribution >= 4 is 23.5 Å². The van der Waals surface area contributed by atoms with E-state index in [0.29, 0.717) is 6.42 Å². The molecule has 0 radical (unpaired) electrons. The Hall–Kier alpha value is -2.40. The predicted octanol–water partition coefficient (Wildman–Crippen LogP) is 4.72. The summed E-state index contributed by atoms with van der Waals surface area (Å²) in [4.78, 5) is 26.1. The maximum atomic E-state index is 13.8. The third-order valence-electron chi connectivity index (χ3n) is 4.75. The van der Waals surface area contributed by atoms with Crippen LogP contribution in [0.4, 0.5) is 4.39 Å². The number of rotatable bonds is 4. The van der Waals surface area contributed by atoms with Crippen molar-refractivity contribution < 1.29 is 19.1 Å². The minimum absolute atomic E-state index is 0.114. The van der Waals surface area contributed by atoms with E-state index in [-0.39, 0.29) is 34.1 Å². The largest absolute Gasteiger partial charge is 0.478 e. The second-order valence-electron chi connectivity index (χ2n) is 6.68. The first kappa shape index (κ1) is 18.4. The SMILES string of the molecule is CC(C)N(C(=O)c1cccc(F)c1Cl)C1CCc2ccc(C(=O)O)cc21. The fourth-order valence-corrected chi connectivity index (χ4v) is 3.75. The first-order valence-corrected chi connectivity index (χ1v) is 8.82. The second kappa shape index (κ2) is 7.08. The average Bonchev–Trinajstić information content (AvgIpc) is 3.00. The Kier molecular flexibility index (Phi) is 5.01. The number of aromatic carboxylic acids is 1. The first-order chi connectivity index (χ1) is 12.3. The molecule has 0 fully saturated rings. The van der Waals surface area contributed by atoms with E-state index in [9.17, 15) is 19.1 Å². The van der Waals surface area contributed by atoms with E-state index in [0.717, 1.165) is 17.5 Å². The molecule has 136 valence electrons. The lowest BCUT2D eigenvalue weighted by atomic mass is 10.0. The number of nitrogens with zero attached hydrogens (tertiary/aromatic N) is 1. The molecule has 0 heterocycles. The summed E-state index contributed by atoms with van der Waals surface area (Å²) in [7, 11) is 0. The molecule has 1 unspecified atom stereocenters. The molecule has 3 rings (SSSR count). The lowest BCUT2D eigenvalue weighted by Gasteiger charge is -2.34. The summed E-state index contributed by atoms with van der Waals surface area (Å²) in [6.45, 7) is 3.76. The Labute approximate surface area is 156 Å². The van der Waals surface area contributed by atoms with Gasteiger partial charge in [-0.1, -0.05) is 23.7 Å². The van der Waals surface area contributed by atoms with Gasteiger partial charge < -0.3 is 10.0 Å². The quantitative estimate of drug-likeness (QED) is 0.841. The molecular formula is C20H19ClFNO3. The van der Waals surface area contributed by atoms with E-state index >= 15 is 0 Å². The number of hydrogen-bond acceptors (Lipinski definition) is 2. The summed E-state index contributed by atoms with van der Waals surface area (Å²) >= 11 is 6.01. The highest BCUT2D eigenvalue weighted by molar-refractivity contribution is 6.34. The molecule has 6 heteroatoms. The van der Waals surface area contributed by atoms with Crippen molar-refractivity contribution in [3.8, 4) is 0 Å². The molecule has 1 N–H and O–H groups in total. The molecule has 4 nitrogen and oxygen atoms in total. The number of carbonyl (C=O) groups excluding carboxylic acids is 1. The number of carbonyl (C=O) groups is 2. The van der Waals surface area contributed by atoms with Crippen LogP contribution in [-0.4, -0.2) is 27.9 Å². The summed E-state index contributed by atoms with van der Waals surface area (Å²) < 4.78 is 13.8. The van der Waals surface area contributed by atoms with Crippen LogP contribution in [0.25, 0.3) is 0 Å². The van der Waals surface area contributed by atoms with Crippen molar-refractivity contribution in [2.45, 2.75) is 38.8 Å². The van der Waals surface area contributed by atoms with Gasteiger partial charge in [0.25, 0.3) is 5.91 Å². The molecule has 0 saturated heterocycles. The van der Waals surface area contributed by atoms with Gasteiger partial charge in [-0.15, -0.1) is 0 Å². The number of fused-ring (bicyclic) bond motifs is 1. The van der Waals surface area contributed by atoms with Gasteiger partial charge in [0.1, 0.15) is 5.82 Å². The van der Waals surface area contributed by atoms with Crippen molar-refractivity contribution in [1.29, 1.82) is 0 Å². The molecule has 0 spiro atoms. The zero-order chi connectivity index (χ0) is 19.0. The molecule has 2 aromatic rings. The third kappa shape index (κ3) is 3.19. The molecule has 1 aliphatic carbocycles. The van der Waals surface area contributed by atoms with Crippen LogP contribution in [0.1, 0.15) is 58.2 Å². The summed E-state index contributed by atoms with van der Waals surface area (Å²) in [5.41, 5.74) is 2.17. The van der Waals surface area contributed by atoms with Gasteiger partial charge in [-0.3, -0.25) is 4.79 Å². The Morgan fingerprint density at radius 2 is 2.00 bits per heavy atom. The van der Waals surface area contributed by atoms with Crippen LogP contribution < -0.4 is 0 Å². The van der Waals surface area contributed by atoms with Gasteiger partial charge in [-0.2, -0.15) is 0 Å². The number of carboxylic acids is 1. The van der Waals surface area contributed by atoms with Gasteiger partial charge in [0.05, 0.1) is 22.2 Å². The molecule has 0 saturated carbocycles. The lowest BCUT2D eigenvalue weighted by Crippen LogP contribution is -2.39. The number of carboxylic acid groups (broad SMARTS) is 1. The number of benzene rings is 2. The third-order valence-corrected chi connectivity index (χ3v) is 5.13. The highest BCUT2D eigenvalue weighted by Crippen LogP contribution is 2.39. The van der Waals surface area contributed by atoms with Crippen LogP contribution in [0, 0.1) is 5.82 Å². The van der Waals surface area contributed by atoms with Crippen molar-refractivity contribution in [3.63, 3.8) is 0 Å². The predicted molar refractivity (Wildman–Crippen MR) is 97.2 cm³/mol. The average molecular weight is 376 g/mol. The van der Waals surface area contributed by atoms with Crippen LogP contribution in [0.5, 0.6) is 0 Å². The van der Waals surface area contributed by atoms with E-state index in [1.54, 1.807) is 23.1 Å². The van der Waals surface area contributed by atoms with Crippen molar-refractivity contribution in [2.24, 2.45) is 0 Å². The smallest absolute Gasteiger partial charge is 0.335 e. The molecule has 1 aliphatic rings. The van der Waals surface area contributed by atoms with Crippen molar-refractivity contribution in [1.82, 2.24) is 4.90 Å². The van der Waals surface area contributed by atoms with Gasteiger partial charge in [0, 0.05) is 6.04 Å². The zero-order valence-electron chi connectivity index (χ0n) is 14.5. The van der Waals surface area contributed by atoms with Gasteiger partial charge in [0.2, 0.25) is 0 Å². The molecule has 2 aromatic carbocycles. The van der Waals surface area contributed by atoms with Crippen LogP contribution in [0.15, 0.2) is 36.4 Å². The lowest BCUT2D eigenvalue weighted by molar-refractivity contribution is 0.0605. The number of amides is 1. The van der Waals surface area contributed by atoms with E-state index in [2.05, 4.69) is 0 Å². The van der Waals surface area contributed by atoms with Gasteiger partial charge >= 0.3 is 5.97 Å². The Balaban J connectivity index is 2.03.